The van der Waals surface area contributed by atoms with E-state index in [0.717, 1.165) is 32.4 Å². The summed E-state index contributed by atoms with van der Waals surface area (Å²) < 4.78 is 5.47. The number of amides is 3. The summed E-state index contributed by atoms with van der Waals surface area (Å²) in [6, 6.07) is 1.61. The van der Waals surface area contributed by atoms with Gasteiger partial charge in [-0.1, -0.05) is 0 Å². The molecule has 0 aromatic carbocycles. The minimum absolute atomic E-state index is 0.0373. The van der Waals surface area contributed by atoms with Crippen molar-refractivity contribution in [1.29, 1.82) is 0 Å². The van der Waals surface area contributed by atoms with E-state index in [1.54, 1.807) is 11.4 Å². The highest BCUT2D eigenvalue weighted by atomic mass is 32.1. The lowest BCUT2D eigenvalue weighted by atomic mass is 9.96. The van der Waals surface area contributed by atoms with Crippen LogP contribution in [0, 0.1) is 5.92 Å². The first kappa shape index (κ1) is 23.3. The number of piperidine rings is 1. The molecule has 9 heteroatoms. The average Bonchev–Trinajstić information content (AvgIpc) is 3.14. The van der Waals surface area contributed by atoms with Crippen LogP contribution in [-0.4, -0.2) is 61.5 Å². The predicted molar refractivity (Wildman–Crippen MR) is 114 cm³/mol. The SMILES string of the molecule is CC(C)OCCCNC(=O)C1CCN(CCC(=O)Nc2sccc2C(N)=O)CC1. The third-order valence-electron chi connectivity index (χ3n) is 4.87. The van der Waals surface area contributed by atoms with Gasteiger partial charge in [0.2, 0.25) is 11.8 Å². The third-order valence-corrected chi connectivity index (χ3v) is 5.70. The number of primary amides is 1. The van der Waals surface area contributed by atoms with Crippen LogP contribution in [0.1, 0.15) is 49.9 Å². The van der Waals surface area contributed by atoms with Gasteiger partial charge in [-0.05, 0) is 57.6 Å². The van der Waals surface area contributed by atoms with Crippen molar-refractivity contribution < 1.29 is 19.1 Å². The van der Waals surface area contributed by atoms with E-state index in [4.69, 9.17) is 10.5 Å². The second-order valence-corrected chi connectivity index (χ2v) is 8.42. The lowest BCUT2D eigenvalue weighted by Gasteiger charge is -2.31. The second kappa shape index (κ2) is 11.9. The number of nitrogens with zero attached hydrogens (tertiary/aromatic N) is 1. The molecule has 29 heavy (non-hydrogen) atoms. The van der Waals surface area contributed by atoms with Gasteiger partial charge in [0.15, 0.2) is 0 Å². The molecule has 2 heterocycles. The van der Waals surface area contributed by atoms with Gasteiger partial charge in [-0.3, -0.25) is 14.4 Å². The second-order valence-electron chi connectivity index (χ2n) is 7.51. The summed E-state index contributed by atoms with van der Waals surface area (Å²) >= 11 is 1.28. The number of anilines is 1. The van der Waals surface area contributed by atoms with Crippen molar-refractivity contribution >= 4 is 34.1 Å². The zero-order valence-electron chi connectivity index (χ0n) is 17.2. The van der Waals surface area contributed by atoms with Crippen LogP contribution in [0.4, 0.5) is 5.00 Å². The summed E-state index contributed by atoms with van der Waals surface area (Å²) in [4.78, 5) is 37.9. The molecule has 1 aromatic rings. The Morgan fingerprint density at radius 3 is 2.69 bits per heavy atom. The van der Waals surface area contributed by atoms with Crippen LogP contribution in [0.2, 0.25) is 0 Å². The molecule has 162 valence electrons. The Kier molecular flexibility index (Phi) is 9.56. The van der Waals surface area contributed by atoms with E-state index in [9.17, 15) is 14.4 Å². The quantitative estimate of drug-likeness (QED) is 0.469. The summed E-state index contributed by atoms with van der Waals surface area (Å²) in [5.41, 5.74) is 5.63. The first-order chi connectivity index (χ1) is 13.9. The van der Waals surface area contributed by atoms with Crippen molar-refractivity contribution in [2.45, 2.75) is 45.6 Å². The highest BCUT2D eigenvalue weighted by molar-refractivity contribution is 7.14. The molecule has 1 fully saturated rings. The van der Waals surface area contributed by atoms with Crippen molar-refractivity contribution in [3.8, 4) is 0 Å². The average molecular weight is 425 g/mol. The van der Waals surface area contributed by atoms with Crippen LogP contribution in [0.3, 0.4) is 0 Å². The van der Waals surface area contributed by atoms with Gasteiger partial charge in [-0.15, -0.1) is 11.3 Å². The Bertz CT molecular complexity index is 684. The monoisotopic (exact) mass is 424 g/mol. The van der Waals surface area contributed by atoms with Crippen molar-refractivity contribution in [2.75, 3.05) is 38.1 Å². The molecule has 1 aliphatic heterocycles. The largest absolute Gasteiger partial charge is 0.379 e. The standard InChI is InChI=1S/C20H32N4O4S/c1-14(2)28-12-3-8-22-19(27)15-4-9-24(10-5-15)11-6-17(25)23-20-16(18(21)26)7-13-29-20/h7,13-15H,3-6,8-12H2,1-2H3,(H2,21,26)(H,22,27)(H,23,25). The van der Waals surface area contributed by atoms with E-state index in [1.165, 1.54) is 11.3 Å². The number of nitrogens with two attached hydrogens (primary N) is 1. The number of carbonyl (C=O) groups excluding carboxylic acids is 3. The Morgan fingerprint density at radius 1 is 1.31 bits per heavy atom. The first-order valence-electron chi connectivity index (χ1n) is 10.2. The molecule has 0 unspecified atom stereocenters. The molecule has 8 nitrogen and oxygen atoms in total. The van der Waals surface area contributed by atoms with Crippen molar-refractivity contribution in [2.24, 2.45) is 11.7 Å². The molecule has 0 spiro atoms. The molecule has 0 saturated carbocycles. The molecule has 1 aromatic heterocycles. The molecule has 4 N–H and O–H groups in total. The topological polar surface area (TPSA) is 114 Å². The molecule has 2 rings (SSSR count). The highest BCUT2D eigenvalue weighted by Gasteiger charge is 2.25. The summed E-state index contributed by atoms with van der Waals surface area (Å²) in [7, 11) is 0. The van der Waals surface area contributed by atoms with Crippen molar-refractivity contribution in [3.05, 3.63) is 17.0 Å². The zero-order chi connectivity index (χ0) is 21.2. The Hall–Kier alpha value is -1.97. The fraction of sp³-hybridized carbons (Fsp3) is 0.650. The van der Waals surface area contributed by atoms with Crippen LogP contribution in [0.25, 0.3) is 0 Å². The van der Waals surface area contributed by atoms with Crippen molar-refractivity contribution in [1.82, 2.24) is 10.2 Å². The van der Waals surface area contributed by atoms with E-state index in [2.05, 4.69) is 15.5 Å². The predicted octanol–water partition coefficient (Wildman–Crippen LogP) is 1.82. The number of carbonyl (C=O) groups is 3. The zero-order valence-corrected chi connectivity index (χ0v) is 18.1. The number of nitrogens with one attached hydrogen (secondary N) is 2. The fourth-order valence-corrected chi connectivity index (χ4v) is 4.02. The molecule has 1 saturated heterocycles. The van der Waals surface area contributed by atoms with Crippen molar-refractivity contribution in [3.63, 3.8) is 0 Å². The molecule has 0 bridgehead atoms. The molecule has 0 radical (unpaired) electrons. The van der Waals surface area contributed by atoms with Gasteiger partial charge in [0.05, 0.1) is 11.7 Å². The lowest BCUT2D eigenvalue weighted by Crippen LogP contribution is -2.41. The van der Waals surface area contributed by atoms with Gasteiger partial charge in [0, 0.05) is 32.0 Å². The summed E-state index contributed by atoms with van der Waals surface area (Å²) in [5.74, 6) is -0.535. The normalized spacial score (nSPS) is 15.4. The molecule has 3 amide bonds. The van der Waals surface area contributed by atoms with Gasteiger partial charge in [-0.2, -0.15) is 0 Å². The molecule has 0 atom stereocenters. The first-order valence-corrected chi connectivity index (χ1v) is 11.0. The minimum Gasteiger partial charge on any atom is -0.379 e. The number of ether oxygens (including phenoxy) is 1. The van der Waals surface area contributed by atoms with Crippen LogP contribution >= 0.6 is 11.3 Å². The van der Waals surface area contributed by atoms with E-state index in [0.29, 0.717) is 36.7 Å². The van der Waals surface area contributed by atoms with Gasteiger partial charge in [-0.25, -0.2) is 0 Å². The van der Waals surface area contributed by atoms with Gasteiger partial charge in [0.1, 0.15) is 5.00 Å². The van der Waals surface area contributed by atoms with Crippen LogP contribution in [0.5, 0.6) is 0 Å². The van der Waals surface area contributed by atoms with Crippen LogP contribution in [-0.2, 0) is 14.3 Å². The van der Waals surface area contributed by atoms with Gasteiger partial charge in [0.25, 0.3) is 5.91 Å². The number of thiophene rings is 1. The van der Waals surface area contributed by atoms with E-state index in [1.807, 2.05) is 13.8 Å². The summed E-state index contributed by atoms with van der Waals surface area (Å²) in [6.07, 6.45) is 2.97. The minimum atomic E-state index is -0.547. The Labute approximate surface area is 176 Å². The van der Waals surface area contributed by atoms with Gasteiger partial charge < -0.3 is 26.0 Å². The summed E-state index contributed by atoms with van der Waals surface area (Å²) in [5, 5.41) is 7.97. The molecular formula is C20H32N4O4S. The third kappa shape index (κ3) is 8.12. The molecule has 1 aliphatic rings. The van der Waals surface area contributed by atoms with E-state index in [-0.39, 0.29) is 23.8 Å². The Balaban J connectivity index is 1.61. The number of hydrogen-bond donors (Lipinski definition) is 3. The smallest absolute Gasteiger partial charge is 0.251 e. The maximum atomic E-state index is 12.3. The maximum Gasteiger partial charge on any atom is 0.251 e. The number of hydrogen-bond acceptors (Lipinski definition) is 6. The van der Waals surface area contributed by atoms with E-state index >= 15 is 0 Å². The number of likely N-dealkylation sites (tertiary alicyclic amines) is 1. The van der Waals surface area contributed by atoms with Crippen LogP contribution in [0.15, 0.2) is 11.4 Å². The Morgan fingerprint density at radius 2 is 2.03 bits per heavy atom. The maximum absolute atomic E-state index is 12.3. The van der Waals surface area contributed by atoms with Gasteiger partial charge >= 0.3 is 0 Å². The molecular weight excluding hydrogens is 392 g/mol. The lowest BCUT2D eigenvalue weighted by molar-refractivity contribution is -0.126. The highest BCUT2D eigenvalue weighted by Crippen LogP contribution is 2.23. The van der Waals surface area contributed by atoms with E-state index < -0.39 is 5.91 Å². The van der Waals surface area contributed by atoms with Crippen LogP contribution < -0.4 is 16.4 Å². The summed E-state index contributed by atoms with van der Waals surface area (Å²) in [6.45, 7) is 7.52. The fourth-order valence-electron chi connectivity index (χ4n) is 3.21. The molecule has 0 aliphatic carbocycles. The number of rotatable bonds is 11.